The van der Waals surface area contributed by atoms with Gasteiger partial charge in [-0.25, -0.2) is 0 Å². The summed E-state index contributed by atoms with van der Waals surface area (Å²) in [5, 5.41) is 20.1. The number of carbonyl (C=O) groups excluding carboxylic acids is 1. The van der Waals surface area contributed by atoms with E-state index < -0.39 is 18.3 Å². The first-order valence-electron chi connectivity index (χ1n) is 7.25. The maximum atomic E-state index is 11.4. The van der Waals surface area contributed by atoms with Gasteiger partial charge in [0.05, 0.1) is 29.9 Å². The fourth-order valence-electron chi connectivity index (χ4n) is 1.54. The molecular weight excluding hydrogens is 285 g/mol. The Kier molecular flexibility index (Phi) is 6.11. The Morgan fingerprint density at radius 1 is 1.32 bits per heavy atom. The van der Waals surface area contributed by atoms with Gasteiger partial charge in [-0.1, -0.05) is 6.07 Å². The van der Waals surface area contributed by atoms with Crippen molar-refractivity contribution in [1.29, 1.82) is 0 Å². The highest BCUT2D eigenvalue weighted by molar-refractivity contribution is 6.60. The molecule has 1 aromatic heterocycles. The Morgan fingerprint density at radius 2 is 1.95 bits per heavy atom. The average molecular weight is 309 g/mol. The third-order valence-electron chi connectivity index (χ3n) is 3.64. The van der Waals surface area contributed by atoms with Crippen LogP contribution in [0.2, 0.25) is 0 Å². The van der Waals surface area contributed by atoms with E-state index in [1.807, 2.05) is 0 Å². The van der Waals surface area contributed by atoms with Crippen molar-refractivity contribution in [3.05, 3.63) is 24.0 Å². The first kappa shape index (κ1) is 18.6. The molecule has 0 saturated carbocycles. The standard InChI is InChI=1S/C15H24BNO5/c1-6-21-13(18)9-12-8-7-11(10-17-12)16(20)22-15(4,5)14(2,3)19/h7-8,10,19-20H,6,9H2,1-5H3. The molecule has 0 saturated heterocycles. The van der Waals surface area contributed by atoms with E-state index in [4.69, 9.17) is 9.39 Å². The lowest BCUT2D eigenvalue weighted by Gasteiger charge is -2.38. The number of aromatic nitrogens is 1. The van der Waals surface area contributed by atoms with Gasteiger partial charge in [-0.05, 0) is 40.7 Å². The predicted octanol–water partition coefficient (Wildman–Crippen LogP) is 0.441. The Balaban J connectivity index is 2.72. The minimum absolute atomic E-state index is 0.0836. The molecule has 0 aliphatic heterocycles. The maximum Gasteiger partial charge on any atom is 0.493 e. The van der Waals surface area contributed by atoms with E-state index >= 15 is 0 Å². The molecule has 6 nitrogen and oxygen atoms in total. The van der Waals surface area contributed by atoms with E-state index in [2.05, 4.69) is 4.98 Å². The maximum absolute atomic E-state index is 11.4. The number of hydrogen-bond donors (Lipinski definition) is 2. The van der Waals surface area contributed by atoms with Gasteiger partial charge >= 0.3 is 13.1 Å². The highest BCUT2D eigenvalue weighted by Gasteiger charge is 2.39. The van der Waals surface area contributed by atoms with E-state index in [9.17, 15) is 14.9 Å². The molecule has 1 heterocycles. The molecule has 1 aromatic rings. The highest BCUT2D eigenvalue weighted by Crippen LogP contribution is 2.25. The monoisotopic (exact) mass is 309 g/mol. The van der Waals surface area contributed by atoms with Crippen molar-refractivity contribution in [2.24, 2.45) is 0 Å². The van der Waals surface area contributed by atoms with Gasteiger partial charge in [0.2, 0.25) is 0 Å². The fraction of sp³-hybridized carbons (Fsp3) is 0.600. The summed E-state index contributed by atoms with van der Waals surface area (Å²) in [4.78, 5) is 15.5. The van der Waals surface area contributed by atoms with Crippen molar-refractivity contribution in [2.45, 2.75) is 52.2 Å². The molecule has 0 aliphatic carbocycles. The first-order chi connectivity index (χ1) is 10.1. The van der Waals surface area contributed by atoms with Gasteiger partial charge in [0.15, 0.2) is 0 Å². The van der Waals surface area contributed by atoms with Crippen LogP contribution in [0.3, 0.4) is 0 Å². The third kappa shape index (κ3) is 5.08. The molecule has 122 valence electrons. The molecule has 22 heavy (non-hydrogen) atoms. The van der Waals surface area contributed by atoms with Gasteiger partial charge < -0.3 is 19.5 Å². The van der Waals surface area contributed by atoms with Crippen molar-refractivity contribution < 1.29 is 24.3 Å². The van der Waals surface area contributed by atoms with Gasteiger partial charge in [0.25, 0.3) is 0 Å². The Bertz CT molecular complexity index is 496. The Hall–Kier alpha value is -1.44. The lowest BCUT2D eigenvalue weighted by atomic mass is 9.77. The second kappa shape index (κ2) is 7.22. The molecule has 7 heteroatoms. The Morgan fingerprint density at radius 3 is 2.41 bits per heavy atom. The van der Waals surface area contributed by atoms with E-state index in [0.717, 1.165) is 0 Å². The van der Waals surface area contributed by atoms with Gasteiger partial charge in [-0.2, -0.15) is 0 Å². The van der Waals surface area contributed by atoms with Crippen molar-refractivity contribution in [3.8, 4) is 0 Å². The molecule has 0 atom stereocenters. The lowest BCUT2D eigenvalue weighted by Crippen LogP contribution is -2.53. The molecule has 0 spiro atoms. The van der Waals surface area contributed by atoms with Crippen molar-refractivity contribution in [1.82, 2.24) is 4.98 Å². The smallest absolute Gasteiger partial charge is 0.466 e. The number of esters is 1. The van der Waals surface area contributed by atoms with Crippen LogP contribution in [-0.4, -0.2) is 46.0 Å². The average Bonchev–Trinajstić information content (AvgIpc) is 2.37. The number of carbonyl (C=O) groups is 1. The second-order valence-corrected chi connectivity index (χ2v) is 6.10. The molecule has 0 amide bonds. The largest absolute Gasteiger partial charge is 0.493 e. The van der Waals surface area contributed by atoms with Gasteiger partial charge in [0, 0.05) is 11.7 Å². The minimum atomic E-state index is -1.22. The van der Waals surface area contributed by atoms with Gasteiger partial charge in [-0.3, -0.25) is 9.78 Å². The van der Waals surface area contributed by atoms with Gasteiger partial charge in [-0.15, -0.1) is 0 Å². The van der Waals surface area contributed by atoms with Crippen molar-refractivity contribution in [3.63, 3.8) is 0 Å². The summed E-state index contributed by atoms with van der Waals surface area (Å²) in [6.07, 6.45) is 1.53. The molecule has 1 rings (SSSR count). The molecule has 0 bridgehead atoms. The normalized spacial score (nSPS) is 12.1. The highest BCUT2D eigenvalue weighted by atomic mass is 16.5. The molecule has 2 N–H and O–H groups in total. The number of rotatable bonds is 7. The number of ether oxygens (including phenoxy) is 1. The fourth-order valence-corrected chi connectivity index (χ4v) is 1.54. The van der Waals surface area contributed by atoms with Crippen LogP contribution < -0.4 is 5.46 Å². The summed E-state index contributed by atoms with van der Waals surface area (Å²) < 4.78 is 10.4. The summed E-state index contributed by atoms with van der Waals surface area (Å²) in [6, 6.07) is 3.27. The number of aliphatic hydroxyl groups is 1. The topological polar surface area (TPSA) is 88.9 Å². The van der Waals surface area contributed by atoms with Crippen LogP contribution in [0.25, 0.3) is 0 Å². The molecule has 0 fully saturated rings. The zero-order valence-corrected chi connectivity index (χ0v) is 13.8. The summed E-state index contributed by atoms with van der Waals surface area (Å²) in [6.45, 7) is 8.68. The van der Waals surface area contributed by atoms with Crippen LogP contribution in [0, 0.1) is 0 Å². The molecule has 0 aliphatic rings. The number of pyridine rings is 1. The third-order valence-corrected chi connectivity index (χ3v) is 3.64. The minimum Gasteiger partial charge on any atom is -0.466 e. The molecule has 0 radical (unpaired) electrons. The molecular formula is C15H24BNO5. The van der Waals surface area contributed by atoms with E-state index in [1.165, 1.54) is 6.20 Å². The van der Waals surface area contributed by atoms with Crippen LogP contribution in [0.1, 0.15) is 40.3 Å². The van der Waals surface area contributed by atoms with Crippen molar-refractivity contribution >= 4 is 18.6 Å². The van der Waals surface area contributed by atoms with E-state index in [-0.39, 0.29) is 12.4 Å². The number of nitrogens with zero attached hydrogens (tertiary/aromatic N) is 1. The number of hydrogen-bond acceptors (Lipinski definition) is 6. The lowest BCUT2D eigenvalue weighted by molar-refractivity contribution is -0.142. The van der Waals surface area contributed by atoms with E-state index in [1.54, 1.807) is 46.8 Å². The van der Waals surface area contributed by atoms with Gasteiger partial charge in [0.1, 0.15) is 0 Å². The SMILES string of the molecule is CCOC(=O)Cc1ccc(B(O)OC(C)(C)C(C)(C)O)cn1. The van der Waals surface area contributed by atoms with Crippen LogP contribution >= 0.6 is 0 Å². The molecule has 0 aromatic carbocycles. The van der Waals surface area contributed by atoms with Crippen molar-refractivity contribution in [2.75, 3.05) is 6.61 Å². The first-order valence-corrected chi connectivity index (χ1v) is 7.25. The summed E-state index contributed by atoms with van der Waals surface area (Å²) in [5.74, 6) is -0.345. The summed E-state index contributed by atoms with van der Waals surface area (Å²) >= 11 is 0. The predicted molar refractivity (Wildman–Crippen MR) is 83.6 cm³/mol. The quantitative estimate of drug-likeness (QED) is 0.561. The van der Waals surface area contributed by atoms with Crippen LogP contribution in [0.4, 0.5) is 0 Å². The Labute approximate surface area is 131 Å². The molecule has 0 unspecified atom stereocenters. The summed E-state index contributed by atoms with van der Waals surface area (Å²) in [5.41, 5.74) is -1.07. The van der Waals surface area contributed by atoms with Crippen LogP contribution in [-0.2, 0) is 20.6 Å². The van der Waals surface area contributed by atoms with E-state index in [0.29, 0.717) is 17.8 Å². The zero-order valence-electron chi connectivity index (χ0n) is 13.8. The second-order valence-electron chi connectivity index (χ2n) is 6.10. The summed E-state index contributed by atoms with van der Waals surface area (Å²) in [7, 11) is -1.22. The van der Waals surface area contributed by atoms with Crippen LogP contribution in [0.5, 0.6) is 0 Å². The van der Waals surface area contributed by atoms with Crippen LogP contribution in [0.15, 0.2) is 18.3 Å². The zero-order chi connectivity index (χ0) is 17.0.